The van der Waals surface area contributed by atoms with E-state index in [0.717, 1.165) is 0 Å². The van der Waals surface area contributed by atoms with Gasteiger partial charge in [-0.25, -0.2) is 9.49 Å². The van der Waals surface area contributed by atoms with Crippen LogP contribution in [0, 0.1) is 10.6 Å². The molecule has 0 spiro atoms. The Balaban J connectivity index is 2.01. The minimum atomic E-state index is -0.312. The molecule has 3 aromatic rings. The van der Waals surface area contributed by atoms with Crippen LogP contribution >= 0.6 is 12.2 Å². The summed E-state index contributed by atoms with van der Waals surface area (Å²) >= 11 is 5.12. The van der Waals surface area contributed by atoms with E-state index in [-0.39, 0.29) is 5.82 Å². The molecule has 0 aliphatic heterocycles. The van der Waals surface area contributed by atoms with Crippen molar-refractivity contribution < 1.29 is 8.81 Å². The monoisotopic (exact) mass is 288 g/mol. The number of rotatable bonds is 3. The minimum absolute atomic E-state index is 0.312. The van der Waals surface area contributed by atoms with Gasteiger partial charge in [0.1, 0.15) is 11.6 Å². The molecule has 0 bridgehead atoms. The molecule has 0 aliphatic rings. The Kier molecular flexibility index (Phi) is 3.26. The number of furan rings is 1. The summed E-state index contributed by atoms with van der Waals surface area (Å²) in [4.78, 5) is 0. The first-order valence-electron chi connectivity index (χ1n) is 5.75. The molecule has 0 unspecified atom stereocenters. The molecular weight excluding hydrogens is 279 g/mol. The number of benzene rings is 1. The quantitative estimate of drug-likeness (QED) is 0.594. The predicted octanol–water partition coefficient (Wildman–Crippen LogP) is 3.22. The van der Waals surface area contributed by atoms with Crippen LogP contribution in [0.3, 0.4) is 0 Å². The van der Waals surface area contributed by atoms with Gasteiger partial charge in [-0.15, -0.1) is 0 Å². The fraction of sp³-hybridized carbons (Fsp3) is 0. The van der Waals surface area contributed by atoms with Crippen molar-refractivity contribution in [3.63, 3.8) is 0 Å². The van der Waals surface area contributed by atoms with Crippen LogP contribution in [-0.2, 0) is 0 Å². The summed E-state index contributed by atoms with van der Waals surface area (Å²) < 4.78 is 19.9. The number of nitrogens with zero attached hydrogens (tertiary/aromatic N) is 3. The van der Waals surface area contributed by atoms with Gasteiger partial charge in [0.2, 0.25) is 4.77 Å². The van der Waals surface area contributed by atoms with Gasteiger partial charge in [0.05, 0.1) is 12.5 Å². The maximum absolute atomic E-state index is 12.9. The Morgan fingerprint density at radius 1 is 1.30 bits per heavy atom. The molecule has 20 heavy (non-hydrogen) atoms. The number of aromatic amines is 1. The lowest BCUT2D eigenvalue weighted by atomic mass is 10.2. The van der Waals surface area contributed by atoms with Gasteiger partial charge in [-0.2, -0.15) is 14.9 Å². The zero-order chi connectivity index (χ0) is 13.9. The van der Waals surface area contributed by atoms with Crippen LogP contribution < -0.4 is 0 Å². The van der Waals surface area contributed by atoms with Gasteiger partial charge in [0.15, 0.2) is 5.82 Å². The fourth-order valence-electron chi connectivity index (χ4n) is 1.66. The van der Waals surface area contributed by atoms with Crippen molar-refractivity contribution in [2.75, 3.05) is 0 Å². The highest BCUT2D eigenvalue weighted by atomic mass is 32.1. The van der Waals surface area contributed by atoms with Crippen LogP contribution in [0.15, 0.2) is 52.2 Å². The second-order valence-electron chi connectivity index (χ2n) is 3.93. The molecule has 0 aliphatic carbocycles. The second-order valence-corrected chi connectivity index (χ2v) is 4.32. The number of hydrogen-bond acceptors (Lipinski definition) is 4. The van der Waals surface area contributed by atoms with E-state index in [9.17, 15) is 4.39 Å². The van der Waals surface area contributed by atoms with E-state index in [4.69, 9.17) is 16.6 Å². The zero-order valence-electron chi connectivity index (χ0n) is 10.2. The third-order valence-electron chi connectivity index (χ3n) is 2.60. The largest absolute Gasteiger partial charge is 0.463 e. The number of halogens is 1. The topological polar surface area (TPSA) is 59.1 Å². The molecule has 3 rings (SSSR count). The Bertz CT molecular complexity index is 787. The van der Waals surface area contributed by atoms with Crippen LogP contribution in [0.5, 0.6) is 0 Å². The molecule has 2 aromatic heterocycles. The molecule has 0 fully saturated rings. The van der Waals surface area contributed by atoms with Crippen molar-refractivity contribution in [3.05, 3.63) is 59.0 Å². The Morgan fingerprint density at radius 2 is 2.10 bits per heavy atom. The summed E-state index contributed by atoms with van der Waals surface area (Å²) in [6.45, 7) is 0. The molecule has 0 saturated heterocycles. The van der Waals surface area contributed by atoms with Crippen LogP contribution in [0.25, 0.3) is 11.4 Å². The molecule has 100 valence electrons. The summed E-state index contributed by atoms with van der Waals surface area (Å²) in [5.41, 5.74) is 0.704. The summed E-state index contributed by atoms with van der Waals surface area (Å²) in [5.74, 6) is 0.782. The Labute approximate surface area is 118 Å². The fourth-order valence-corrected chi connectivity index (χ4v) is 1.84. The lowest BCUT2D eigenvalue weighted by Crippen LogP contribution is -1.94. The minimum Gasteiger partial charge on any atom is -0.463 e. The van der Waals surface area contributed by atoms with E-state index in [1.54, 1.807) is 30.5 Å². The summed E-state index contributed by atoms with van der Waals surface area (Å²) in [7, 11) is 0. The normalized spacial score (nSPS) is 11.2. The van der Waals surface area contributed by atoms with Gasteiger partial charge in [-0.05, 0) is 48.6 Å². The molecule has 0 amide bonds. The molecule has 1 N–H and O–H groups in total. The first-order valence-corrected chi connectivity index (χ1v) is 6.16. The molecule has 0 radical (unpaired) electrons. The van der Waals surface area contributed by atoms with Crippen LogP contribution in [0.2, 0.25) is 0 Å². The smallest absolute Gasteiger partial charge is 0.216 e. The van der Waals surface area contributed by atoms with E-state index in [1.807, 2.05) is 0 Å². The molecule has 7 heteroatoms. The van der Waals surface area contributed by atoms with Gasteiger partial charge >= 0.3 is 0 Å². The number of H-pyrrole nitrogens is 1. The Hall–Kier alpha value is -2.54. The molecule has 2 heterocycles. The number of aromatic nitrogens is 3. The van der Waals surface area contributed by atoms with Gasteiger partial charge in [0.25, 0.3) is 0 Å². The maximum atomic E-state index is 12.9. The van der Waals surface area contributed by atoms with E-state index < -0.39 is 0 Å². The van der Waals surface area contributed by atoms with E-state index in [0.29, 0.717) is 21.9 Å². The van der Waals surface area contributed by atoms with Crippen molar-refractivity contribution in [2.45, 2.75) is 0 Å². The highest BCUT2D eigenvalue weighted by Crippen LogP contribution is 2.17. The predicted molar refractivity (Wildman–Crippen MR) is 74.5 cm³/mol. The lowest BCUT2D eigenvalue weighted by molar-refractivity contribution is 0.559. The first kappa shape index (κ1) is 12.5. The standard InChI is InChI=1S/C13H9FN4OS/c14-10-5-3-9(4-6-10)12-16-17-13(20)18(12)15-8-11-2-1-7-19-11/h1-8H,(H,17,20)/b15-8-. The average molecular weight is 288 g/mol. The van der Waals surface area contributed by atoms with Gasteiger partial charge in [0, 0.05) is 5.56 Å². The first-order chi connectivity index (χ1) is 9.74. The van der Waals surface area contributed by atoms with Crippen LogP contribution in [-0.4, -0.2) is 21.1 Å². The highest BCUT2D eigenvalue weighted by Gasteiger charge is 2.08. The van der Waals surface area contributed by atoms with Gasteiger partial charge < -0.3 is 4.42 Å². The molecular formula is C13H9FN4OS. The van der Waals surface area contributed by atoms with Gasteiger partial charge in [-0.3, -0.25) is 0 Å². The van der Waals surface area contributed by atoms with E-state index in [1.165, 1.54) is 23.0 Å². The number of nitrogens with one attached hydrogen (secondary N) is 1. The molecule has 0 atom stereocenters. The second kappa shape index (κ2) is 5.22. The van der Waals surface area contributed by atoms with Crippen LogP contribution in [0.4, 0.5) is 4.39 Å². The van der Waals surface area contributed by atoms with Crippen molar-refractivity contribution in [1.29, 1.82) is 0 Å². The molecule has 5 nitrogen and oxygen atoms in total. The third-order valence-corrected chi connectivity index (χ3v) is 2.86. The summed E-state index contributed by atoms with van der Waals surface area (Å²) in [6.07, 6.45) is 3.08. The molecule has 0 saturated carbocycles. The average Bonchev–Trinajstić information content (AvgIpc) is 3.07. The van der Waals surface area contributed by atoms with E-state index in [2.05, 4.69) is 15.3 Å². The van der Waals surface area contributed by atoms with Crippen molar-refractivity contribution in [3.8, 4) is 11.4 Å². The summed E-state index contributed by atoms with van der Waals surface area (Å²) in [6, 6.07) is 9.46. The highest BCUT2D eigenvalue weighted by molar-refractivity contribution is 7.71. The SMILES string of the molecule is Fc1ccc(-c2n[nH]c(=S)n2/N=C\c2ccco2)cc1. The zero-order valence-corrected chi connectivity index (χ0v) is 11.0. The number of hydrogen-bond donors (Lipinski definition) is 1. The maximum Gasteiger partial charge on any atom is 0.216 e. The Morgan fingerprint density at radius 3 is 2.80 bits per heavy atom. The lowest BCUT2D eigenvalue weighted by Gasteiger charge is -2.00. The third kappa shape index (κ3) is 2.43. The van der Waals surface area contributed by atoms with E-state index >= 15 is 0 Å². The van der Waals surface area contributed by atoms with Crippen molar-refractivity contribution in [1.82, 2.24) is 14.9 Å². The van der Waals surface area contributed by atoms with Crippen LogP contribution in [0.1, 0.15) is 5.76 Å². The molecule has 1 aromatic carbocycles. The van der Waals surface area contributed by atoms with Gasteiger partial charge in [-0.1, -0.05) is 0 Å². The summed E-state index contributed by atoms with van der Waals surface area (Å²) in [5, 5.41) is 11.0. The van der Waals surface area contributed by atoms with Crippen molar-refractivity contribution >= 4 is 18.4 Å². The van der Waals surface area contributed by atoms with Crippen molar-refractivity contribution in [2.24, 2.45) is 5.10 Å².